The van der Waals surface area contributed by atoms with Crippen molar-refractivity contribution in [2.45, 2.75) is 27.7 Å². The van der Waals surface area contributed by atoms with Gasteiger partial charge in [0, 0.05) is 6.54 Å². The third-order valence-corrected chi connectivity index (χ3v) is 2.92. The maximum atomic E-state index is 5.89. The Kier molecular flexibility index (Phi) is 4.00. The molecule has 2 aromatic rings. The van der Waals surface area contributed by atoms with Gasteiger partial charge >= 0.3 is 0 Å². The average Bonchev–Trinajstić information content (AvgIpc) is 2.37. The number of nitrogens with zero attached hydrogens (tertiary/aromatic N) is 2. The van der Waals surface area contributed by atoms with Crippen molar-refractivity contribution in [2.75, 3.05) is 11.9 Å². The number of hydrogen-bond acceptors (Lipinski definition) is 4. The van der Waals surface area contributed by atoms with Gasteiger partial charge in [-0.05, 0) is 39.3 Å². The molecule has 0 spiro atoms. The van der Waals surface area contributed by atoms with Gasteiger partial charge in [-0.25, -0.2) is 9.97 Å². The zero-order valence-corrected chi connectivity index (χ0v) is 11.8. The third-order valence-electron chi connectivity index (χ3n) is 2.92. The summed E-state index contributed by atoms with van der Waals surface area (Å²) >= 11 is 0. The monoisotopic (exact) mass is 257 g/mol. The van der Waals surface area contributed by atoms with Gasteiger partial charge in [-0.15, -0.1) is 0 Å². The van der Waals surface area contributed by atoms with E-state index in [1.165, 1.54) is 11.9 Å². The number of rotatable bonds is 4. The van der Waals surface area contributed by atoms with Crippen LogP contribution in [0.4, 0.5) is 5.82 Å². The molecule has 1 aromatic heterocycles. The average molecular weight is 257 g/mol. The van der Waals surface area contributed by atoms with Gasteiger partial charge < -0.3 is 10.1 Å². The zero-order chi connectivity index (χ0) is 13.8. The number of nitrogens with one attached hydrogen (secondary N) is 1. The predicted octanol–water partition coefficient (Wildman–Crippen LogP) is 3.63. The molecule has 0 saturated heterocycles. The first-order valence-corrected chi connectivity index (χ1v) is 6.42. The highest BCUT2D eigenvalue weighted by Gasteiger charge is 2.09. The summed E-state index contributed by atoms with van der Waals surface area (Å²) in [7, 11) is 0. The first-order valence-electron chi connectivity index (χ1n) is 6.42. The molecule has 1 aromatic carbocycles. The summed E-state index contributed by atoms with van der Waals surface area (Å²) < 4.78 is 5.89. The van der Waals surface area contributed by atoms with E-state index in [1.54, 1.807) is 0 Å². The van der Waals surface area contributed by atoms with E-state index in [1.807, 2.05) is 32.9 Å². The third kappa shape index (κ3) is 3.02. The summed E-state index contributed by atoms with van der Waals surface area (Å²) in [4.78, 5) is 8.41. The predicted molar refractivity (Wildman–Crippen MR) is 76.9 cm³/mol. The van der Waals surface area contributed by atoms with Crippen LogP contribution in [0.2, 0.25) is 0 Å². The molecule has 1 N–H and O–H groups in total. The van der Waals surface area contributed by atoms with Crippen LogP contribution in [0.5, 0.6) is 11.6 Å². The Morgan fingerprint density at radius 2 is 1.95 bits per heavy atom. The van der Waals surface area contributed by atoms with E-state index in [4.69, 9.17) is 4.74 Å². The molecule has 0 saturated carbocycles. The van der Waals surface area contributed by atoms with Crippen LogP contribution in [-0.4, -0.2) is 16.5 Å². The van der Waals surface area contributed by atoms with Crippen LogP contribution < -0.4 is 10.1 Å². The number of anilines is 1. The van der Waals surface area contributed by atoms with Gasteiger partial charge in [0.15, 0.2) is 0 Å². The number of aryl methyl sites for hydroxylation is 2. The molecule has 0 atom stereocenters. The van der Waals surface area contributed by atoms with Crippen LogP contribution in [0.1, 0.15) is 23.6 Å². The van der Waals surface area contributed by atoms with Crippen LogP contribution in [0.3, 0.4) is 0 Å². The quantitative estimate of drug-likeness (QED) is 0.908. The Morgan fingerprint density at radius 1 is 1.16 bits per heavy atom. The molecule has 0 radical (unpaired) electrons. The highest BCUT2D eigenvalue weighted by molar-refractivity contribution is 5.49. The maximum Gasteiger partial charge on any atom is 0.227 e. The minimum Gasteiger partial charge on any atom is -0.438 e. The van der Waals surface area contributed by atoms with Gasteiger partial charge in [-0.1, -0.05) is 17.7 Å². The van der Waals surface area contributed by atoms with Crippen molar-refractivity contribution in [1.82, 2.24) is 9.97 Å². The fourth-order valence-corrected chi connectivity index (χ4v) is 1.90. The molecule has 0 aliphatic rings. The van der Waals surface area contributed by atoms with E-state index < -0.39 is 0 Å². The lowest BCUT2D eigenvalue weighted by Crippen LogP contribution is -2.04. The molecule has 0 fully saturated rings. The van der Waals surface area contributed by atoms with E-state index in [-0.39, 0.29) is 0 Å². The lowest BCUT2D eigenvalue weighted by atomic mass is 10.1. The number of aromatic nitrogens is 2. The van der Waals surface area contributed by atoms with Crippen LogP contribution in [0.25, 0.3) is 0 Å². The van der Waals surface area contributed by atoms with E-state index >= 15 is 0 Å². The molecule has 100 valence electrons. The fourth-order valence-electron chi connectivity index (χ4n) is 1.90. The highest BCUT2D eigenvalue weighted by atomic mass is 16.5. The van der Waals surface area contributed by atoms with Crippen LogP contribution in [0.15, 0.2) is 24.5 Å². The molecule has 4 heteroatoms. The molecule has 0 aliphatic heterocycles. The van der Waals surface area contributed by atoms with Gasteiger partial charge in [0.1, 0.15) is 17.9 Å². The van der Waals surface area contributed by atoms with Crippen molar-refractivity contribution < 1.29 is 4.74 Å². The van der Waals surface area contributed by atoms with Crippen molar-refractivity contribution in [3.63, 3.8) is 0 Å². The van der Waals surface area contributed by atoms with Gasteiger partial charge in [0.25, 0.3) is 0 Å². The van der Waals surface area contributed by atoms with Crippen molar-refractivity contribution in [1.29, 1.82) is 0 Å². The second-order valence-electron chi connectivity index (χ2n) is 4.55. The SMILES string of the molecule is CCNc1ncnc(Oc2ccc(C)cc2C)c1C. The zero-order valence-electron chi connectivity index (χ0n) is 11.8. The van der Waals surface area contributed by atoms with Crippen molar-refractivity contribution in [3.8, 4) is 11.6 Å². The number of benzene rings is 1. The molecule has 0 aliphatic carbocycles. The number of hydrogen-bond donors (Lipinski definition) is 1. The van der Waals surface area contributed by atoms with Gasteiger partial charge in [0.05, 0.1) is 5.56 Å². The van der Waals surface area contributed by atoms with E-state index in [0.29, 0.717) is 5.88 Å². The summed E-state index contributed by atoms with van der Waals surface area (Å²) in [6.45, 7) is 8.91. The van der Waals surface area contributed by atoms with Crippen LogP contribution in [-0.2, 0) is 0 Å². The highest BCUT2D eigenvalue weighted by Crippen LogP contribution is 2.28. The van der Waals surface area contributed by atoms with Crippen molar-refractivity contribution in [2.24, 2.45) is 0 Å². The summed E-state index contributed by atoms with van der Waals surface area (Å²) in [5, 5.41) is 3.19. The number of ether oxygens (including phenoxy) is 1. The van der Waals surface area contributed by atoms with Crippen molar-refractivity contribution in [3.05, 3.63) is 41.2 Å². The fraction of sp³-hybridized carbons (Fsp3) is 0.333. The van der Waals surface area contributed by atoms with Crippen LogP contribution in [0, 0.1) is 20.8 Å². The normalized spacial score (nSPS) is 10.3. The largest absolute Gasteiger partial charge is 0.438 e. The Balaban J connectivity index is 2.30. The standard InChI is InChI=1S/C15H19N3O/c1-5-16-14-12(4)15(18-9-17-14)19-13-7-6-10(2)8-11(13)3/h6-9H,5H2,1-4H3,(H,16,17,18). The first-order chi connectivity index (χ1) is 9.11. The topological polar surface area (TPSA) is 47.0 Å². The van der Waals surface area contributed by atoms with Gasteiger partial charge in [-0.3, -0.25) is 0 Å². The summed E-state index contributed by atoms with van der Waals surface area (Å²) in [5.74, 6) is 2.24. The molecule has 0 bridgehead atoms. The minimum absolute atomic E-state index is 0.595. The lowest BCUT2D eigenvalue weighted by molar-refractivity contribution is 0.454. The maximum absolute atomic E-state index is 5.89. The Morgan fingerprint density at radius 3 is 2.63 bits per heavy atom. The summed E-state index contributed by atoms with van der Waals surface area (Å²) in [6.07, 6.45) is 1.52. The van der Waals surface area contributed by atoms with Crippen LogP contribution >= 0.6 is 0 Å². The molecule has 4 nitrogen and oxygen atoms in total. The molecule has 2 rings (SSSR count). The lowest BCUT2D eigenvalue weighted by Gasteiger charge is -2.12. The van der Waals surface area contributed by atoms with Gasteiger partial charge in [0.2, 0.25) is 5.88 Å². The Hall–Kier alpha value is -2.10. The molecule has 1 heterocycles. The Bertz CT molecular complexity index is 582. The van der Waals surface area contributed by atoms with Gasteiger partial charge in [-0.2, -0.15) is 0 Å². The second kappa shape index (κ2) is 5.69. The minimum atomic E-state index is 0.595. The van der Waals surface area contributed by atoms with E-state index in [2.05, 4.69) is 28.3 Å². The smallest absolute Gasteiger partial charge is 0.227 e. The van der Waals surface area contributed by atoms with E-state index in [0.717, 1.165) is 29.2 Å². The first kappa shape index (κ1) is 13.3. The second-order valence-corrected chi connectivity index (χ2v) is 4.55. The molecular weight excluding hydrogens is 238 g/mol. The van der Waals surface area contributed by atoms with Crippen molar-refractivity contribution >= 4 is 5.82 Å². The molecular formula is C15H19N3O. The molecule has 19 heavy (non-hydrogen) atoms. The molecule has 0 unspecified atom stereocenters. The summed E-state index contributed by atoms with van der Waals surface area (Å²) in [6, 6.07) is 6.10. The summed E-state index contributed by atoms with van der Waals surface area (Å²) in [5.41, 5.74) is 3.24. The Labute approximate surface area is 113 Å². The van der Waals surface area contributed by atoms with E-state index in [9.17, 15) is 0 Å². The molecule has 0 amide bonds.